The molecule has 3 nitrogen and oxygen atoms in total. The fourth-order valence-corrected chi connectivity index (χ4v) is 2.77. The van der Waals surface area contributed by atoms with Gasteiger partial charge in [-0.15, -0.1) is 0 Å². The molecule has 1 atom stereocenters. The third kappa shape index (κ3) is 4.73. The maximum absolute atomic E-state index is 14.2. The van der Waals surface area contributed by atoms with E-state index in [9.17, 15) is 17.6 Å². The molecule has 0 radical (unpaired) electrons. The smallest absolute Gasteiger partial charge is 0.185 e. The van der Waals surface area contributed by atoms with E-state index in [1.165, 1.54) is 6.08 Å². The van der Waals surface area contributed by atoms with Gasteiger partial charge in [0.05, 0.1) is 11.7 Å². The number of nitrogens with one attached hydrogen (secondary N) is 1. The molecule has 140 valence electrons. The average molecular weight is 360 g/mol. The van der Waals surface area contributed by atoms with Crippen molar-refractivity contribution in [3.63, 3.8) is 0 Å². The highest BCUT2D eigenvalue weighted by atomic mass is 19.2. The lowest BCUT2D eigenvalue weighted by Crippen LogP contribution is -2.22. The molecule has 0 amide bonds. The highest BCUT2D eigenvalue weighted by Crippen LogP contribution is 2.29. The van der Waals surface area contributed by atoms with Crippen molar-refractivity contribution < 1.29 is 22.3 Å². The molecule has 0 saturated carbocycles. The van der Waals surface area contributed by atoms with Gasteiger partial charge in [0.1, 0.15) is 5.69 Å². The van der Waals surface area contributed by atoms with E-state index in [-0.39, 0.29) is 12.6 Å². The van der Waals surface area contributed by atoms with Crippen LogP contribution in [0.5, 0.6) is 0 Å². The molecule has 1 aliphatic rings. The first-order valence-corrected chi connectivity index (χ1v) is 8.59. The van der Waals surface area contributed by atoms with Crippen molar-refractivity contribution in [1.82, 2.24) is 4.90 Å². The summed E-state index contributed by atoms with van der Waals surface area (Å²) < 4.78 is 62.0. The zero-order valence-corrected chi connectivity index (χ0v) is 14.5. The van der Waals surface area contributed by atoms with Gasteiger partial charge in [-0.05, 0) is 25.9 Å². The van der Waals surface area contributed by atoms with Crippen molar-refractivity contribution in [3.05, 3.63) is 34.9 Å². The molecular weight excluding hydrogens is 336 g/mol. The predicted octanol–water partition coefficient (Wildman–Crippen LogP) is 4.19. The molecule has 0 aromatic heterocycles. The average Bonchev–Trinajstić information content (AvgIpc) is 3.13. The third-order valence-electron chi connectivity index (χ3n) is 4.37. The summed E-state index contributed by atoms with van der Waals surface area (Å²) in [6.07, 6.45) is 3.97. The van der Waals surface area contributed by atoms with Crippen LogP contribution < -0.4 is 5.32 Å². The molecule has 1 aliphatic heterocycles. The van der Waals surface area contributed by atoms with Crippen LogP contribution >= 0.6 is 0 Å². The van der Waals surface area contributed by atoms with Gasteiger partial charge in [0.2, 0.25) is 0 Å². The van der Waals surface area contributed by atoms with Crippen LogP contribution in [-0.4, -0.2) is 43.8 Å². The van der Waals surface area contributed by atoms with Crippen molar-refractivity contribution in [2.45, 2.75) is 32.8 Å². The molecule has 1 aromatic carbocycles. The van der Waals surface area contributed by atoms with Gasteiger partial charge in [0.25, 0.3) is 0 Å². The van der Waals surface area contributed by atoms with E-state index >= 15 is 0 Å². The lowest BCUT2D eigenvalue weighted by Gasteiger charge is -2.16. The van der Waals surface area contributed by atoms with E-state index in [2.05, 4.69) is 5.32 Å². The van der Waals surface area contributed by atoms with Gasteiger partial charge in [-0.3, -0.25) is 0 Å². The van der Waals surface area contributed by atoms with Gasteiger partial charge in [-0.2, -0.15) is 0 Å². The van der Waals surface area contributed by atoms with Crippen LogP contribution in [0.4, 0.5) is 23.2 Å². The van der Waals surface area contributed by atoms with Crippen LogP contribution in [-0.2, 0) is 4.74 Å². The van der Waals surface area contributed by atoms with Crippen LogP contribution in [0, 0.1) is 23.3 Å². The number of benzene rings is 1. The fraction of sp³-hybridized carbons (Fsp3) is 0.556. The molecule has 1 N–H and O–H groups in total. The quantitative estimate of drug-likeness (QED) is 0.556. The number of anilines is 1. The minimum atomic E-state index is -1.42. The van der Waals surface area contributed by atoms with Crippen molar-refractivity contribution >= 4 is 11.8 Å². The summed E-state index contributed by atoms with van der Waals surface area (Å²) in [5, 5.41) is 2.44. The van der Waals surface area contributed by atoms with Crippen LogP contribution in [0.1, 0.15) is 32.3 Å². The van der Waals surface area contributed by atoms with E-state index in [1.54, 1.807) is 0 Å². The van der Waals surface area contributed by atoms with Gasteiger partial charge in [0.15, 0.2) is 23.3 Å². The number of halogens is 4. The van der Waals surface area contributed by atoms with Gasteiger partial charge in [-0.25, -0.2) is 17.6 Å². The zero-order chi connectivity index (χ0) is 18.4. The monoisotopic (exact) mass is 360 g/mol. The summed E-state index contributed by atoms with van der Waals surface area (Å²) >= 11 is 0. The minimum Gasteiger partial charge on any atom is -0.378 e. The Hall–Kier alpha value is -1.60. The number of ether oxygens (including phenoxy) is 1. The summed E-state index contributed by atoms with van der Waals surface area (Å²) in [5.74, 6) is -5.63. The van der Waals surface area contributed by atoms with Gasteiger partial charge < -0.3 is 15.0 Å². The molecule has 0 spiro atoms. The Kier molecular flexibility index (Phi) is 7.25. The van der Waals surface area contributed by atoms with Crippen LogP contribution in [0.2, 0.25) is 0 Å². The van der Waals surface area contributed by atoms with Gasteiger partial charge in [-0.1, -0.05) is 26.0 Å². The van der Waals surface area contributed by atoms with E-state index in [1.807, 2.05) is 18.7 Å². The highest BCUT2D eigenvalue weighted by Gasteiger charge is 2.25. The molecule has 25 heavy (non-hydrogen) atoms. The summed E-state index contributed by atoms with van der Waals surface area (Å²) in [6.45, 7) is 6.55. The Labute approximate surface area is 145 Å². The standard InChI is InChI=1S/C18H24F4N2O/c1-3-24(4-2)9-5-8-13-14(19)16(21)18(17(22)15(13)20)23-11-12-7-6-10-25-12/h5,8,12,23H,3-4,6-7,9-11H2,1-2H3/b8-5+/t12-/m0/s1. The second-order valence-corrected chi connectivity index (χ2v) is 5.95. The van der Waals surface area contributed by atoms with Crippen molar-refractivity contribution in [2.75, 3.05) is 38.1 Å². The molecule has 1 saturated heterocycles. The van der Waals surface area contributed by atoms with Crippen LogP contribution in [0.3, 0.4) is 0 Å². The first kappa shape index (κ1) is 19.7. The second-order valence-electron chi connectivity index (χ2n) is 5.95. The number of hydrogen-bond acceptors (Lipinski definition) is 3. The van der Waals surface area contributed by atoms with E-state index in [4.69, 9.17) is 4.74 Å². The summed E-state index contributed by atoms with van der Waals surface area (Å²) in [5.41, 5.74) is -1.49. The summed E-state index contributed by atoms with van der Waals surface area (Å²) in [4.78, 5) is 2.00. The minimum absolute atomic E-state index is 0.101. The van der Waals surface area contributed by atoms with Crippen molar-refractivity contribution in [3.8, 4) is 0 Å². The van der Waals surface area contributed by atoms with Gasteiger partial charge in [0, 0.05) is 19.7 Å². The number of rotatable bonds is 8. The molecule has 1 heterocycles. The number of nitrogens with zero attached hydrogens (tertiary/aromatic N) is 1. The Morgan fingerprint density at radius 1 is 1.08 bits per heavy atom. The first-order valence-electron chi connectivity index (χ1n) is 8.59. The molecule has 7 heteroatoms. The maximum atomic E-state index is 14.2. The fourth-order valence-electron chi connectivity index (χ4n) is 2.77. The molecule has 0 aliphatic carbocycles. The Balaban J connectivity index is 2.17. The van der Waals surface area contributed by atoms with E-state index in [0.29, 0.717) is 13.2 Å². The largest absolute Gasteiger partial charge is 0.378 e. The third-order valence-corrected chi connectivity index (χ3v) is 4.37. The van der Waals surface area contributed by atoms with E-state index < -0.39 is 34.5 Å². The topological polar surface area (TPSA) is 24.5 Å². The number of likely N-dealkylation sites (N-methyl/N-ethyl adjacent to an activating group) is 1. The molecular formula is C18H24F4N2O. The first-order chi connectivity index (χ1) is 12.0. The lowest BCUT2D eigenvalue weighted by molar-refractivity contribution is 0.120. The SMILES string of the molecule is CCN(CC)C/C=C/c1c(F)c(F)c(NC[C@@H]2CCCO2)c(F)c1F. The van der Waals surface area contributed by atoms with Gasteiger partial charge >= 0.3 is 0 Å². The maximum Gasteiger partial charge on any atom is 0.185 e. The lowest BCUT2D eigenvalue weighted by atomic mass is 10.1. The summed E-state index contributed by atoms with van der Waals surface area (Å²) in [7, 11) is 0. The van der Waals surface area contributed by atoms with Crippen molar-refractivity contribution in [1.29, 1.82) is 0 Å². The molecule has 1 aromatic rings. The number of hydrogen-bond donors (Lipinski definition) is 1. The molecule has 1 fully saturated rings. The van der Waals surface area contributed by atoms with Crippen LogP contribution in [0.15, 0.2) is 6.08 Å². The molecule has 2 rings (SSSR count). The Morgan fingerprint density at radius 2 is 1.72 bits per heavy atom. The highest BCUT2D eigenvalue weighted by molar-refractivity contribution is 5.59. The van der Waals surface area contributed by atoms with E-state index in [0.717, 1.165) is 32.0 Å². The Bertz CT molecular complexity index is 583. The zero-order valence-electron chi connectivity index (χ0n) is 14.5. The normalized spacial score (nSPS) is 17.8. The van der Waals surface area contributed by atoms with Crippen LogP contribution in [0.25, 0.3) is 6.08 Å². The summed E-state index contributed by atoms with van der Waals surface area (Å²) in [6, 6.07) is 0. The second kappa shape index (κ2) is 9.20. The molecule has 0 unspecified atom stereocenters. The predicted molar refractivity (Wildman–Crippen MR) is 90.6 cm³/mol. The molecule has 0 bridgehead atoms. The Morgan fingerprint density at radius 3 is 2.24 bits per heavy atom. The van der Waals surface area contributed by atoms with Crippen molar-refractivity contribution in [2.24, 2.45) is 0 Å².